The molecule has 6 heteroatoms. The van der Waals surface area contributed by atoms with Gasteiger partial charge < -0.3 is 10.2 Å². The molecule has 0 aliphatic carbocycles. The highest BCUT2D eigenvalue weighted by Crippen LogP contribution is 2.20. The Kier molecular flexibility index (Phi) is 7.85. The van der Waals surface area contributed by atoms with Crippen molar-refractivity contribution in [3.63, 3.8) is 0 Å². The molecule has 2 rings (SSSR count). The molecule has 0 saturated carbocycles. The molecule has 0 heterocycles. The van der Waals surface area contributed by atoms with Gasteiger partial charge in [-0.1, -0.05) is 35.9 Å². The number of carbonyl (C=O) groups is 2. The molecule has 0 aromatic heterocycles. The van der Waals surface area contributed by atoms with Crippen molar-refractivity contribution in [2.75, 3.05) is 12.8 Å². The van der Waals surface area contributed by atoms with Crippen molar-refractivity contribution in [2.24, 2.45) is 0 Å². The van der Waals surface area contributed by atoms with Gasteiger partial charge in [-0.3, -0.25) is 9.59 Å². The molecule has 0 aliphatic rings. The number of likely N-dealkylation sites (N-methyl/N-ethyl adjacent to an activating group) is 1. The van der Waals surface area contributed by atoms with Crippen LogP contribution in [0.5, 0.6) is 0 Å². The molecule has 27 heavy (non-hydrogen) atoms. The number of benzene rings is 2. The van der Waals surface area contributed by atoms with Crippen LogP contribution in [0.15, 0.2) is 53.4 Å². The Morgan fingerprint density at radius 3 is 2.44 bits per heavy atom. The Morgan fingerprint density at radius 1 is 1.15 bits per heavy atom. The quantitative estimate of drug-likeness (QED) is 0.700. The molecule has 1 atom stereocenters. The van der Waals surface area contributed by atoms with Crippen molar-refractivity contribution in [1.82, 2.24) is 10.2 Å². The van der Waals surface area contributed by atoms with E-state index >= 15 is 0 Å². The van der Waals surface area contributed by atoms with Crippen LogP contribution >= 0.6 is 11.8 Å². The fourth-order valence-electron chi connectivity index (χ4n) is 2.64. The maximum absolute atomic E-state index is 14.0. The molecule has 0 unspecified atom stereocenters. The number of hydrogen-bond acceptors (Lipinski definition) is 3. The highest BCUT2D eigenvalue weighted by molar-refractivity contribution is 7.99. The zero-order valence-corrected chi connectivity index (χ0v) is 16.7. The van der Waals surface area contributed by atoms with Crippen molar-refractivity contribution in [2.45, 2.75) is 37.8 Å². The van der Waals surface area contributed by atoms with E-state index in [-0.39, 0.29) is 30.6 Å². The average molecular weight is 389 g/mol. The average Bonchev–Trinajstić information content (AvgIpc) is 2.67. The Balaban J connectivity index is 2.04. The molecule has 4 nitrogen and oxygen atoms in total. The topological polar surface area (TPSA) is 49.4 Å². The fourth-order valence-corrected chi connectivity index (χ4v) is 3.48. The van der Waals surface area contributed by atoms with Crippen LogP contribution in [0.2, 0.25) is 0 Å². The number of carbonyl (C=O) groups excluding carboxylic acids is 2. The van der Waals surface area contributed by atoms with E-state index in [1.807, 2.05) is 31.2 Å². The zero-order chi connectivity index (χ0) is 19.8. The second kappa shape index (κ2) is 10.1. The highest BCUT2D eigenvalue weighted by atomic mass is 32.2. The van der Waals surface area contributed by atoms with Gasteiger partial charge in [-0.25, -0.2) is 4.39 Å². The summed E-state index contributed by atoms with van der Waals surface area (Å²) in [6.07, 6.45) is 0.272. The van der Waals surface area contributed by atoms with Crippen molar-refractivity contribution in [3.05, 3.63) is 65.5 Å². The number of rotatable bonds is 8. The summed E-state index contributed by atoms with van der Waals surface area (Å²) in [5.74, 6) is -0.232. The van der Waals surface area contributed by atoms with Crippen LogP contribution < -0.4 is 5.32 Å². The summed E-state index contributed by atoms with van der Waals surface area (Å²) in [6.45, 7) is 3.75. The second-order valence-electron chi connectivity index (χ2n) is 6.31. The Bertz CT molecular complexity index is 780. The first-order valence-electron chi connectivity index (χ1n) is 8.86. The predicted octanol–water partition coefficient (Wildman–Crippen LogP) is 3.78. The molecule has 0 bridgehead atoms. The van der Waals surface area contributed by atoms with Crippen molar-refractivity contribution in [1.29, 1.82) is 0 Å². The molecule has 0 radical (unpaired) electrons. The lowest BCUT2D eigenvalue weighted by Crippen LogP contribution is -2.46. The van der Waals surface area contributed by atoms with E-state index in [1.54, 1.807) is 36.9 Å². The lowest BCUT2D eigenvalue weighted by molar-refractivity contribution is -0.140. The van der Waals surface area contributed by atoms with Crippen LogP contribution in [0.25, 0.3) is 0 Å². The summed E-state index contributed by atoms with van der Waals surface area (Å²) in [6, 6.07) is 13.7. The first kappa shape index (κ1) is 21.0. The molecule has 0 saturated heterocycles. The van der Waals surface area contributed by atoms with Crippen LogP contribution in [-0.4, -0.2) is 35.6 Å². The molecular formula is C21H25FN2O2S. The minimum Gasteiger partial charge on any atom is -0.357 e. The molecule has 0 spiro atoms. The third-order valence-electron chi connectivity index (χ3n) is 4.32. The molecular weight excluding hydrogens is 363 g/mol. The van der Waals surface area contributed by atoms with Gasteiger partial charge in [-0.2, -0.15) is 0 Å². The van der Waals surface area contributed by atoms with Gasteiger partial charge in [0.15, 0.2) is 0 Å². The van der Waals surface area contributed by atoms with E-state index in [0.717, 1.165) is 4.90 Å². The van der Waals surface area contributed by atoms with Gasteiger partial charge in [0.25, 0.3) is 0 Å². The Labute approximate surface area is 164 Å². The summed E-state index contributed by atoms with van der Waals surface area (Å²) in [5.41, 5.74) is 1.58. The molecule has 0 aliphatic heterocycles. The van der Waals surface area contributed by atoms with Gasteiger partial charge in [0.05, 0.1) is 0 Å². The summed E-state index contributed by atoms with van der Waals surface area (Å²) in [4.78, 5) is 27.4. The molecule has 144 valence electrons. The van der Waals surface area contributed by atoms with Crippen molar-refractivity contribution in [3.8, 4) is 0 Å². The van der Waals surface area contributed by atoms with Crippen LogP contribution in [-0.2, 0) is 16.1 Å². The monoisotopic (exact) mass is 388 g/mol. The van der Waals surface area contributed by atoms with Crippen molar-refractivity contribution >= 4 is 23.6 Å². The first-order valence-corrected chi connectivity index (χ1v) is 9.85. The lowest BCUT2D eigenvalue weighted by atomic mass is 10.1. The van der Waals surface area contributed by atoms with Gasteiger partial charge in [-0.05, 0) is 32.0 Å². The van der Waals surface area contributed by atoms with Gasteiger partial charge in [0.1, 0.15) is 11.9 Å². The van der Waals surface area contributed by atoms with E-state index in [2.05, 4.69) is 5.32 Å². The summed E-state index contributed by atoms with van der Waals surface area (Å²) < 4.78 is 14.0. The minimum absolute atomic E-state index is 0.0648. The number of aryl methyl sites for hydroxylation is 1. The molecule has 2 aromatic rings. The summed E-state index contributed by atoms with van der Waals surface area (Å²) in [7, 11) is 1.53. The first-order chi connectivity index (χ1) is 12.9. The van der Waals surface area contributed by atoms with Crippen LogP contribution in [0.1, 0.15) is 24.5 Å². The normalized spacial score (nSPS) is 11.7. The van der Waals surface area contributed by atoms with Gasteiger partial charge in [0.2, 0.25) is 11.8 Å². The largest absolute Gasteiger partial charge is 0.357 e. The number of hydrogen-bond donors (Lipinski definition) is 1. The minimum atomic E-state index is -0.675. The molecule has 0 fully saturated rings. The Morgan fingerprint density at radius 2 is 1.81 bits per heavy atom. The summed E-state index contributed by atoms with van der Waals surface area (Å²) in [5, 5.41) is 2.56. The predicted molar refractivity (Wildman–Crippen MR) is 107 cm³/mol. The number of nitrogens with zero attached hydrogens (tertiary/aromatic N) is 1. The fraction of sp³-hybridized carbons (Fsp3) is 0.333. The lowest BCUT2D eigenvalue weighted by Gasteiger charge is -2.28. The van der Waals surface area contributed by atoms with E-state index in [9.17, 15) is 14.0 Å². The number of thioether (sulfide) groups is 1. The van der Waals surface area contributed by atoms with Gasteiger partial charge >= 0.3 is 0 Å². The molecule has 1 N–H and O–H groups in total. The number of halogens is 1. The van der Waals surface area contributed by atoms with Crippen LogP contribution in [0, 0.1) is 12.7 Å². The van der Waals surface area contributed by atoms with E-state index in [0.29, 0.717) is 11.3 Å². The third kappa shape index (κ3) is 6.10. The number of amides is 2. The zero-order valence-electron chi connectivity index (χ0n) is 15.9. The van der Waals surface area contributed by atoms with Crippen LogP contribution in [0.4, 0.5) is 4.39 Å². The second-order valence-corrected chi connectivity index (χ2v) is 7.48. The summed E-state index contributed by atoms with van der Waals surface area (Å²) >= 11 is 1.59. The van der Waals surface area contributed by atoms with Gasteiger partial charge in [0, 0.05) is 36.2 Å². The smallest absolute Gasteiger partial charge is 0.242 e. The van der Waals surface area contributed by atoms with Crippen molar-refractivity contribution < 1.29 is 14.0 Å². The maximum atomic E-state index is 14.0. The third-order valence-corrected chi connectivity index (χ3v) is 5.33. The van der Waals surface area contributed by atoms with Crippen LogP contribution in [0.3, 0.4) is 0 Å². The van der Waals surface area contributed by atoms with E-state index < -0.39 is 6.04 Å². The molecule has 2 amide bonds. The van der Waals surface area contributed by atoms with Gasteiger partial charge in [-0.15, -0.1) is 11.8 Å². The number of nitrogens with one attached hydrogen (secondary N) is 1. The maximum Gasteiger partial charge on any atom is 0.242 e. The highest BCUT2D eigenvalue weighted by Gasteiger charge is 2.25. The Hall–Kier alpha value is -2.34. The van der Waals surface area contributed by atoms with E-state index in [1.165, 1.54) is 23.6 Å². The van der Waals surface area contributed by atoms with E-state index in [4.69, 9.17) is 0 Å². The SMILES string of the molecule is CNC(=O)[C@@H](C)N(Cc1ccccc1F)C(=O)CCSc1ccc(C)cc1. The molecule has 2 aromatic carbocycles. The standard InChI is InChI=1S/C21H25FN2O2S/c1-15-8-10-18(11-9-15)27-13-12-20(25)24(16(2)21(26)23-3)14-17-6-4-5-7-19(17)22/h4-11,16H,12-14H2,1-3H3,(H,23,26)/t16-/m1/s1.